The van der Waals surface area contributed by atoms with E-state index in [1.807, 2.05) is 6.92 Å². The van der Waals surface area contributed by atoms with Gasteiger partial charge in [0.1, 0.15) is 0 Å². The van der Waals surface area contributed by atoms with E-state index in [2.05, 4.69) is 4.99 Å². The molecule has 0 spiro atoms. The lowest BCUT2D eigenvalue weighted by molar-refractivity contribution is 1.47. The number of nitrogens with zero attached hydrogens (tertiary/aromatic N) is 1. The Bertz CT molecular complexity index is 90.3. The lowest BCUT2D eigenvalue weighted by Crippen LogP contribution is -1.62. The van der Waals surface area contributed by atoms with E-state index in [4.69, 9.17) is 11.6 Å². The SMILES string of the molecule is C/N=C\C=C(/C)Cl. The maximum atomic E-state index is 5.43. The van der Waals surface area contributed by atoms with Crippen LogP contribution in [0.5, 0.6) is 0 Å². The van der Waals surface area contributed by atoms with Crippen molar-refractivity contribution in [2.24, 2.45) is 4.99 Å². The first kappa shape index (κ1) is 6.70. The quantitative estimate of drug-likeness (QED) is 0.465. The Kier molecular flexibility index (Phi) is 3.71. The molecule has 0 saturated carbocycles. The normalized spacial score (nSPS) is 13.3. The number of allylic oxidation sites excluding steroid dienone is 2. The van der Waals surface area contributed by atoms with Gasteiger partial charge >= 0.3 is 0 Å². The fraction of sp³-hybridized carbons (Fsp3) is 0.400. The van der Waals surface area contributed by atoms with Crippen LogP contribution in [0.2, 0.25) is 0 Å². The summed E-state index contributed by atoms with van der Waals surface area (Å²) in [5.74, 6) is 0. The molecule has 0 radical (unpaired) electrons. The lowest BCUT2D eigenvalue weighted by atomic mass is 10.6. The zero-order chi connectivity index (χ0) is 5.70. The van der Waals surface area contributed by atoms with Crippen molar-refractivity contribution in [3.63, 3.8) is 0 Å². The first-order chi connectivity index (χ1) is 3.27. The molecule has 0 bridgehead atoms. The van der Waals surface area contributed by atoms with Crippen LogP contribution in [0.1, 0.15) is 6.92 Å². The van der Waals surface area contributed by atoms with Crippen LogP contribution in [0, 0.1) is 0 Å². The van der Waals surface area contributed by atoms with E-state index >= 15 is 0 Å². The molecule has 0 aliphatic carbocycles. The summed E-state index contributed by atoms with van der Waals surface area (Å²) in [7, 11) is 1.70. The third-order valence-corrected chi connectivity index (χ3v) is 0.579. The Morgan fingerprint density at radius 3 is 2.43 bits per heavy atom. The molecular formula is C5H8ClN. The van der Waals surface area contributed by atoms with Crippen molar-refractivity contribution in [2.75, 3.05) is 7.05 Å². The van der Waals surface area contributed by atoms with E-state index in [0.717, 1.165) is 5.03 Å². The van der Waals surface area contributed by atoms with E-state index < -0.39 is 0 Å². The predicted octanol–water partition coefficient (Wildman–Crippen LogP) is 1.83. The minimum absolute atomic E-state index is 0.755. The zero-order valence-corrected chi connectivity index (χ0v) is 5.24. The van der Waals surface area contributed by atoms with Crippen LogP contribution in [0.3, 0.4) is 0 Å². The van der Waals surface area contributed by atoms with Crippen molar-refractivity contribution >= 4 is 17.8 Å². The van der Waals surface area contributed by atoms with Crippen LogP contribution in [0.15, 0.2) is 16.1 Å². The highest BCUT2D eigenvalue weighted by molar-refractivity contribution is 6.30. The molecule has 0 fully saturated rings. The molecular weight excluding hydrogens is 110 g/mol. The summed E-state index contributed by atoms with van der Waals surface area (Å²) < 4.78 is 0. The van der Waals surface area contributed by atoms with E-state index in [1.165, 1.54) is 0 Å². The summed E-state index contributed by atoms with van der Waals surface area (Å²) in [6.07, 6.45) is 3.39. The highest BCUT2D eigenvalue weighted by atomic mass is 35.5. The van der Waals surface area contributed by atoms with Crippen LogP contribution in [-0.4, -0.2) is 13.3 Å². The van der Waals surface area contributed by atoms with E-state index in [0.29, 0.717) is 0 Å². The van der Waals surface area contributed by atoms with Crippen LogP contribution in [0.25, 0.3) is 0 Å². The molecule has 2 heteroatoms. The lowest BCUT2D eigenvalue weighted by Gasteiger charge is -1.74. The summed E-state index contributed by atoms with van der Waals surface area (Å²) in [6.45, 7) is 1.81. The molecule has 0 saturated heterocycles. The summed E-state index contributed by atoms with van der Waals surface area (Å²) in [5, 5.41) is 0.755. The van der Waals surface area contributed by atoms with Crippen LogP contribution in [0.4, 0.5) is 0 Å². The number of rotatable bonds is 1. The van der Waals surface area contributed by atoms with Gasteiger partial charge in [0.05, 0.1) is 0 Å². The summed E-state index contributed by atoms with van der Waals surface area (Å²) in [6, 6.07) is 0. The second-order valence-corrected chi connectivity index (χ2v) is 1.76. The van der Waals surface area contributed by atoms with Crippen molar-refractivity contribution in [1.82, 2.24) is 0 Å². The van der Waals surface area contributed by atoms with Gasteiger partial charge in [-0.05, 0) is 13.0 Å². The van der Waals surface area contributed by atoms with Gasteiger partial charge in [0, 0.05) is 18.3 Å². The monoisotopic (exact) mass is 117 g/mol. The third kappa shape index (κ3) is 5.70. The first-order valence-corrected chi connectivity index (χ1v) is 2.39. The Morgan fingerprint density at radius 1 is 1.71 bits per heavy atom. The molecule has 0 aromatic rings. The van der Waals surface area contributed by atoms with Crippen molar-refractivity contribution < 1.29 is 0 Å². The first-order valence-electron chi connectivity index (χ1n) is 2.02. The average molecular weight is 118 g/mol. The Hall–Kier alpha value is -0.300. The van der Waals surface area contributed by atoms with E-state index in [-0.39, 0.29) is 0 Å². The molecule has 0 heterocycles. The number of hydrogen-bond donors (Lipinski definition) is 0. The smallest absolute Gasteiger partial charge is 0.0277 e. The van der Waals surface area contributed by atoms with Gasteiger partial charge in [0.15, 0.2) is 0 Å². The standard InChI is InChI=1S/C5H8ClN/c1-5(6)3-4-7-2/h3-4H,1-2H3/b5-3+,7-4-. The van der Waals surface area contributed by atoms with Crippen molar-refractivity contribution in [1.29, 1.82) is 0 Å². The van der Waals surface area contributed by atoms with Gasteiger partial charge < -0.3 is 0 Å². The molecule has 0 aliphatic heterocycles. The highest BCUT2D eigenvalue weighted by Gasteiger charge is 1.69. The molecule has 0 atom stereocenters. The summed E-state index contributed by atoms with van der Waals surface area (Å²) >= 11 is 5.43. The van der Waals surface area contributed by atoms with Crippen molar-refractivity contribution in [3.05, 3.63) is 11.1 Å². The third-order valence-electron chi connectivity index (χ3n) is 0.453. The highest BCUT2D eigenvalue weighted by Crippen LogP contribution is 1.93. The number of hydrogen-bond acceptors (Lipinski definition) is 1. The Labute approximate surface area is 48.7 Å². The van der Waals surface area contributed by atoms with Gasteiger partial charge in [-0.3, -0.25) is 4.99 Å². The van der Waals surface area contributed by atoms with Gasteiger partial charge in [-0.1, -0.05) is 11.6 Å². The van der Waals surface area contributed by atoms with Crippen molar-refractivity contribution in [3.8, 4) is 0 Å². The van der Waals surface area contributed by atoms with Gasteiger partial charge in [0.25, 0.3) is 0 Å². The maximum absolute atomic E-state index is 5.43. The molecule has 0 aromatic carbocycles. The number of aliphatic imine (C=N–C) groups is 1. The molecule has 0 amide bonds. The van der Waals surface area contributed by atoms with Gasteiger partial charge in [0.2, 0.25) is 0 Å². The van der Waals surface area contributed by atoms with Crippen LogP contribution in [-0.2, 0) is 0 Å². The topological polar surface area (TPSA) is 12.4 Å². The molecule has 0 N–H and O–H groups in total. The second-order valence-electron chi connectivity index (χ2n) is 1.16. The maximum Gasteiger partial charge on any atom is 0.0277 e. The Balaban J connectivity index is 3.46. The average Bonchev–Trinajstić information content (AvgIpc) is 1.61. The summed E-state index contributed by atoms with van der Waals surface area (Å²) in [5.41, 5.74) is 0. The van der Waals surface area contributed by atoms with E-state index in [9.17, 15) is 0 Å². The van der Waals surface area contributed by atoms with Crippen LogP contribution < -0.4 is 0 Å². The molecule has 0 rings (SSSR count). The fourth-order valence-electron chi connectivity index (χ4n) is 0.177. The van der Waals surface area contributed by atoms with Crippen molar-refractivity contribution in [2.45, 2.75) is 6.92 Å². The van der Waals surface area contributed by atoms with Gasteiger partial charge in [-0.15, -0.1) is 0 Å². The largest absolute Gasteiger partial charge is 0.296 e. The second kappa shape index (κ2) is 3.88. The minimum Gasteiger partial charge on any atom is -0.296 e. The molecule has 7 heavy (non-hydrogen) atoms. The number of halogens is 1. The molecule has 0 unspecified atom stereocenters. The minimum atomic E-state index is 0.755. The fourth-order valence-corrected chi connectivity index (χ4v) is 0.234. The summed E-state index contributed by atoms with van der Waals surface area (Å²) in [4.78, 5) is 3.69. The zero-order valence-electron chi connectivity index (χ0n) is 4.48. The predicted molar refractivity (Wildman–Crippen MR) is 34.0 cm³/mol. The molecule has 0 aliphatic rings. The van der Waals surface area contributed by atoms with E-state index in [1.54, 1.807) is 19.3 Å². The molecule has 0 aromatic heterocycles. The Morgan fingerprint density at radius 2 is 2.29 bits per heavy atom. The van der Waals surface area contributed by atoms with Gasteiger partial charge in [-0.2, -0.15) is 0 Å². The molecule has 40 valence electrons. The van der Waals surface area contributed by atoms with Crippen LogP contribution >= 0.6 is 11.6 Å². The van der Waals surface area contributed by atoms with Gasteiger partial charge in [-0.25, -0.2) is 0 Å². The molecule has 1 nitrogen and oxygen atoms in total.